The van der Waals surface area contributed by atoms with Crippen LogP contribution in [0.3, 0.4) is 0 Å². The van der Waals surface area contributed by atoms with Gasteiger partial charge in [0.1, 0.15) is 6.04 Å². The highest BCUT2D eigenvalue weighted by Gasteiger charge is 2.46. The Morgan fingerprint density at radius 3 is 2.37 bits per heavy atom. The quantitative estimate of drug-likeness (QED) is 0.169. The van der Waals surface area contributed by atoms with Gasteiger partial charge in [0.05, 0.1) is 33.9 Å². The number of fused-ring (bicyclic) bond motifs is 1. The Balaban J connectivity index is 0.914. The number of benzene rings is 2. The number of piperidine rings is 1. The number of halogens is 1. The number of hydrogen-bond acceptors (Lipinski definition) is 10. The summed E-state index contributed by atoms with van der Waals surface area (Å²) in [6.45, 7) is 2.33. The second kappa shape index (κ2) is 14.2. The van der Waals surface area contributed by atoms with Gasteiger partial charge in [-0.05, 0) is 55.5 Å². The van der Waals surface area contributed by atoms with Crippen LogP contribution >= 0.6 is 0 Å². The van der Waals surface area contributed by atoms with Crippen molar-refractivity contribution in [2.75, 3.05) is 31.1 Å². The molecule has 3 aromatic rings. The SMILES string of the molecule is O=C1CCC(N2C(=O)c3cccc(N4CCN(C(=O)CCCCCCc5cn(Cc6ccc(S(=O)(=O)F)cc6)nn5)CC4)c3C2=O)C(=O)N1. The maximum atomic E-state index is 13.5. The van der Waals surface area contributed by atoms with Gasteiger partial charge in [0.15, 0.2) is 0 Å². The van der Waals surface area contributed by atoms with Crippen molar-refractivity contribution in [2.45, 2.75) is 68.8 Å². The lowest BCUT2D eigenvalue weighted by molar-refractivity contribution is -0.136. The fourth-order valence-electron chi connectivity index (χ4n) is 6.53. The number of aromatic nitrogens is 3. The summed E-state index contributed by atoms with van der Waals surface area (Å²) in [7, 11) is -4.73. The van der Waals surface area contributed by atoms with Crippen molar-refractivity contribution in [1.29, 1.82) is 0 Å². The van der Waals surface area contributed by atoms with Gasteiger partial charge in [-0.15, -0.1) is 8.98 Å². The summed E-state index contributed by atoms with van der Waals surface area (Å²) >= 11 is 0. The van der Waals surface area contributed by atoms with Crippen LogP contribution in [-0.4, -0.2) is 95.0 Å². The Bertz CT molecular complexity index is 1890. The Hall–Kier alpha value is -4.99. The van der Waals surface area contributed by atoms with Crippen LogP contribution in [0.25, 0.3) is 0 Å². The van der Waals surface area contributed by atoms with E-state index in [0.29, 0.717) is 44.8 Å². The molecule has 5 amide bonds. The first-order valence-electron chi connectivity index (χ1n) is 16.3. The Labute approximate surface area is 282 Å². The highest BCUT2D eigenvalue weighted by Crippen LogP contribution is 2.34. The fraction of sp³-hybridized carbons (Fsp3) is 0.424. The third-order valence-corrected chi connectivity index (χ3v) is 9.96. The lowest BCUT2D eigenvalue weighted by Gasteiger charge is -2.37. The molecule has 258 valence electrons. The van der Waals surface area contributed by atoms with E-state index in [4.69, 9.17) is 0 Å². The van der Waals surface area contributed by atoms with Gasteiger partial charge >= 0.3 is 10.2 Å². The van der Waals surface area contributed by atoms with Gasteiger partial charge in [0, 0.05) is 45.2 Å². The summed E-state index contributed by atoms with van der Waals surface area (Å²) in [6.07, 6.45) is 6.61. The molecule has 2 aromatic carbocycles. The molecule has 1 aromatic heterocycles. The zero-order valence-corrected chi connectivity index (χ0v) is 27.5. The molecule has 0 radical (unpaired) electrons. The Kier molecular flexibility index (Phi) is 9.85. The van der Waals surface area contributed by atoms with Crippen molar-refractivity contribution in [1.82, 2.24) is 30.1 Å². The second-order valence-corrected chi connectivity index (χ2v) is 13.8. The van der Waals surface area contributed by atoms with Crippen LogP contribution in [-0.2, 0) is 37.6 Å². The third-order valence-electron chi connectivity index (χ3n) is 9.13. The van der Waals surface area contributed by atoms with Crippen molar-refractivity contribution < 1.29 is 36.3 Å². The molecule has 4 heterocycles. The molecule has 16 heteroatoms. The molecule has 0 aliphatic carbocycles. The molecule has 3 aliphatic rings. The highest BCUT2D eigenvalue weighted by atomic mass is 32.3. The molecule has 2 fully saturated rings. The van der Waals surface area contributed by atoms with Crippen molar-refractivity contribution >= 4 is 45.4 Å². The number of hydrogen-bond donors (Lipinski definition) is 1. The van der Waals surface area contributed by atoms with E-state index in [1.807, 2.05) is 16.0 Å². The number of piperazine rings is 1. The van der Waals surface area contributed by atoms with Crippen LogP contribution in [0.15, 0.2) is 53.6 Å². The molecular weight excluding hydrogens is 657 g/mol. The lowest BCUT2D eigenvalue weighted by Crippen LogP contribution is -2.54. The topological polar surface area (TPSA) is 172 Å². The first kappa shape index (κ1) is 33.9. The summed E-state index contributed by atoms with van der Waals surface area (Å²) in [5, 5.41) is 10.5. The van der Waals surface area contributed by atoms with E-state index in [2.05, 4.69) is 15.6 Å². The van der Waals surface area contributed by atoms with Crippen molar-refractivity contribution in [3.05, 3.63) is 71.0 Å². The summed E-state index contributed by atoms with van der Waals surface area (Å²) in [5.41, 5.74) is 2.68. The number of amides is 5. The smallest absolute Gasteiger partial charge is 0.332 e. The average Bonchev–Trinajstić information content (AvgIpc) is 3.63. The van der Waals surface area contributed by atoms with E-state index in [1.165, 1.54) is 24.3 Å². The van der Waals surface area contributed by atoms with Crippen LogP contribution in [0.5, 0.6) is 0 Å². The Morgan fingerprint density at radius 1 is 0.918 bits per heavy atom. The molecule has 0 spiro atoms. The molecule has 0 saturated carbocycles. The monoisotopic (exact) mass is 693 g/mol. The summed E-state index contributed by atoms with van der Waals surface area (Å²) in [5.74, 6) is -2.08. The molecule has 6 rings (SSSR count). The zero-order chi connectivity index (χ0) is 34.7. The number of rotatable bonds is 12. The molecule has 3 aliphatic heterocycles. The van der Waals surface area contributed by atoms with E-state index in [1.54, 1.807) is 22.9 Å². The molecule has 1 atom stereocenters. The van der Waals surface area contributed by atoms with Crippen LogP contribution in [0.2, 0.25) is 0 Å². The lowest BCUT2D eigenvalue weighted by atomic mass is 10.0. The molecule has 0 bridgehead atoms. The van der Waals surface area contributed by atoms with E-state index in [0.717, 1.165) is 48.3 Å². The molecule has 1 N–H and O–H groups in total. The first-order valence-corrected chi connectivity index (χ1v) is 17.7. The van der Waals surface area contributed by atoms with Gasteiger partial charge in [-0.2, -0.15) is 8.42 Å². The summed E-state index contributed by atoms with van der Waals surface area (Å²) in [6, 6.07) is 9.55. The predicted molar refractivity (Wildman–Crippen MR) is 173 cm³/mol. The van der Waals surface area contributed by atoms with Crippen molar-refractivity contribution in [2.24, 2.45) is 0 Å². The van der Waals surface area contributed by atoms with Gasteiger partial charge in [0.25, 0.3) is 11.8 Å². The standard InChI is InChI=1S/C33H36FN7O7S/c34-49(47,48)24-12-10-22(11-13-24)20-40-21-23(36-37-40)6-3-1-2-4-9-29(43)39-18-16-38(17-19-39)26-8-5-7-25-30(26)33(46)41(32(25)45)27-14-15-28(42)35-31(27)44/h5,7-8,10-13,21,27H,1-4,6,9,14-20H2,(H,35,42,44). The number of nitrogens with zero attached hydrogens (tertiary/aromatic N) is 6. The maximum absolute atomic E-state index is 13.5. The van der Waals surface area contributed by atoms with E-state index in [-0.39, 0.29) is 34.8 Å². The number of imide groups is 2. The molecule has 1 unspecified atom stereocenters. The van der Waals surface area contributed by atoms with Gasteiger partial charge < -0.3 is 9.80 Å². The second-order valence-electron chi connectivity index (χ2n) is 12.4. The van der Waals surface area contributed by atoms with E-state index in [9.17, 15) is 36.3 Å². The number of anilines is 1. The number of unbranched alkanes of at least 4 members (excludes halogenated alkanes) is 3. The zero-order valence-electron chi connectivity index (χ0n) is 26.7. The van der Waals surface area contributed by atoms with Crippen LogP contribution in [0.4, 0.5) is 9.57 Å². The Morgan fingerprint density at radius 2 is 1.65 bits per heavy atom. The molecule has 2 saturated heterocycles. The number of aryl methyl sites for hydroxylation is 1. The van der Waals surface area contributed by atoms with E-state index >= 15 is 0 Å². The molecular formula is C33H36FN7O7S. The van der Waals surface area contributed by atoms with Crippen LogP contribution in [0, 0.1) is 0 Å². The van der Waals surface area contributed by atoms with Gasteiger partial charge in [-0.25, -0.2) is 4.68 Å². The largest absolute Gasteiger partial charge is 0.367 e. The van der Waals surface area contributed by atoms with E-state index < -0.39 is 39.9 Å². The molecule has 49 heavy (non-hydrogen) atoms. The number of carbonyl (C=O) groups excluding carboxylic acids is 5. The van der Waals surface area contributed by atoms with Gasteiger partial charge in [-0.1, -0.05) is 36.3 Å². The fourth-order valence-corrected chi connectivity index (χ4v) is 6.99. The highest BCUT2D eigenvalue weighted by molar-refractivity contribution is 7.86. The normalized spacial score (nSPS) is 18.2. The van der Waals surface area contributed by atoms with Crippen LogP contribution < -0.4 is 10.2 Å². The minimum atomic E-state index is -4.73. The number of nitrogens with one attached hydrogen (secondary N) is 1. The van der Waals surface area contributed by atoms with Gasteiger partial charge in [-0.3, -0.25) is 34.2 Å². The maximum Gasteiger partial charge on any atom is 0.332 e. The van der Waals surface area contributed by atoms with Gasteiger partial charge in [0.2, 0.25) is 17.7 Å². The van der Waals surface area contributed by atoms with Crippen molar-refractivity contribution in [3.63, 3.8) is 0 Å². The third kappa shape index (κ3) is 7.53. The first-order chi connectivity index (χ1) is 23.5. The number of carbonyl (C=O) groups is 5. The van der Waals surface area contributed by atoms with Crippen LogP contribution in [0.1, 0.15) is 76.9 Å². The minimum absolute atomic E-state index is 0.0545. The minimum Gasteiger partial charge on any atom is -0.367 e. The summed E-state index contributed by atoms with van der Waals surface area (Å²) < 4.78 is 36.7. The predicted octanol–water partition coefficient (Wildman–Crippen LogP) is 2.23. The molecule has 14 nitrogen and oxygen atoms in total. The average molecular weight is 694 g/mol. The summed E-state index contributed by atoms with van der Waals surface area (Å²) in [4.78, 5) is 68.0. The van der Waals surface area contributed by atoms with Crippen molar-refractivity contribution in [3.8, 4) is 0 Å².